The highest BCUT2D eigenvalue weighted by Crippen LogP contribution is 2.47. The van der Waals surface area contributed by atoms with Crippen LogP contribution in [0.15, 0.2) is 23.8 Å². The van der Waals surface area contributed by atoms with Crippen molar-refractivity contribution in [1.29, 1.82) is 0 Å². The minimum absolute atomic E-state index is 0.0410. The summed E-state index contributed by atoms with van der Waals surface area (Å²) in [6.07, 6.45) is 11.1. The Labute approximate surface area is 118 Å². The molecule has 1 rings (SSSR count). The molecule has 2 heteroatoms. The minimum Gasteiger partial charge on any atom is -0.396 e. The maximum atomic E-state index is 10.7. The van der Waals surface area contributed by atoms with Crippen molar-refractivity contribution in [2.45, 2.75) is 65.9 Å². The Morgan fingerprint density at radius 1 is 1.16 bits per heavy atom. The van der Waals surface area contributed by atoms with Crippen LogP contribution in [0.2, 0.25) is 0 Å². The highest BCUT2D eigenvalue weighted by Gasteiger charge is 2.43. The molecule has 2 N–H and O–H groups in total. The molecule has 1 aliphatic carbocycles. The molecule has 0 aromatic heterocycles. The van der Waals surface area contributed by atoms with Crippen LogP contribution in [0.3, 0.4) is 0 Å². The maximum Gasteiger partial charge on any atom is 0.0846 e. The average molecular weight is 266 g/mol. The first-order valence-corrected chi connectivity index (χ1v) is 7.50. The smallest absolute Gasteiger partial charge is 0.0846 e. The van der Waals surface area contributed by atoms with Crippen LogP contribution in [-0.2, 0) is 0 Å². The zero-order valence-electron chi connectivity index (χ0n) is 12.9. The van der Waals surface area contributed by atoms with E-state index in [4.69, 9.17) is 5.11 Å². The molecule has 0 radical (unpaired) electrons. The van der Waals surface area contributed by atoms with Gasteiger partial charge in [0.1, 0.15) is 0 Å². The van der Waals surface area contributed by atoms with E-state index < -0.39 is 0 Å². The van der Waals surface area contributed by atoms with Crippen molar-refractivity contribution < 1.29 is 10.2 Å². The van der Waals surface area contributed by atoms with Crippen LogP contribution >= 0.6 is 0 Å². The highest BCUT2D eigenvalue weighted by atomic mass is 16.3. The second-order valence-electron chi connectivity index (χ2n) is 6.92. The summed E-state index contributed by atoms with van der Waals surface area (Å²) in [6.45, 7) is 8.99. The van der Waals surface area contributed by atoms with Crippen LogP contribution < -0.4 is 0 Å². The third-order valence-corrected chi connectivity index (χ3v) is 4.66. The van der Waals surface area contributed by atoms with E-state index in [0.717, 1.165) is 37.7 Å². The first kappa shape index (κ1) is 16.5. The van der Waals surface area contributed by atoms with Crippen molar-refractivity contribution in [3.8, 4) is 0 Å². The van der Waals surface area contributed by atoms with E-state index in [1.54, 1.807) is 0 Å². The van der Waals surface area contributed by atoms with E-state index in [0.29, 0.717) is 0 Å². The van der Waals surface area contributed by atoms with Crippen LogP contribution in [0.5, 0.6) is 0 Å². The lowest BCUT2D eigenvalue weighted by Crippen LogP contribution is -2.44. The maximum absolute atomic E-state index is 10.7. The fourth-order valence-electron chi connectivity index (χ4n) is 2.61. The van der Waals surface area contributed by atoms with Gasteiger partial charge in [-0.1, -0.05) is 58.8 Å². The molecule has 110 valence electrons. The molecule has 0 saturated heterocycles. The van der Waals surface area contributed by atoms with Gasteiger partial charge in [-0.2, -0.15) is 0 Å². The molecule has 0 aromatic rings. The van der Waals surface area contributed by atoms with Gasteiger partial charge < -0.3 is 10.2 Å². The summed E-state index contributed by atoms with van der Waals surface area (Å²) in [5, 5.41) is 19.4. The van der Waals surface area contributed by atoms with E-state index in [1.165, 1.54) is 0 Å². The van der Waals surface area contributed by atoms with Crippen LogP contribution in [-0.4, -0.2) is 22.9 Å². The number of hydrogen-bond donors (Lipinski definition) is 2. The van der Waals surface area contributed by atoms with Crippen molar-refractivity contribution in [2.75, 3.05) is 6.61 Å². The normalized spacial score (nSPS) is 27.5. The lowest BCUT2D eigenvalue weighted by Gasteiger charge is -2.45. The number of aliphatic hydroxyl groups is 2. The van der Waals surface area contributed by atoms with Crippen LogP contribution in [0.25, 0.3) is 0 Å². The third-order valence-electron chi connectivity index (χ3n) is 4.66. The monoisotopic (exact) mass is 266 g/mol. The van der Waals surface area contributed by atoms with Crippen LogP contribution in [0, 0.1) is 10.8 Å². The van der Waals surface area contributed by atoms with Gasteiger partial charge in [-0.05, 0) is 30.3 Å². The number of allylic oxidation sites excluding steroid dienone is 2. The van der Waals surface area contributed by atoms with Gasteiger partial charge in [0.15, 0.2) is 0 Å². The molecule has 0 spiro atoms. The summed E-state index contributed by atoms with van der Waals surface area (Å²) in [5.74, 6) is 0. The Hall–Kier alpha value is -0.600. The van der Waals surface area contributed by atoms with E-state index >= 15 is 0 Å². The molecule has 2 unspecified atom stereocenters. The van der Waals surface area contributed by atoms with E-state index in [1.807, 2.05) is 0 Å². The summed E-state index contributed by atoms with van der Waals surface area (Å²) < 4.78 is 0. The van der Waals surface area contributed by atoms with Crippen molar-refractivity contribution in [1.82, 2.24) is 0 Å². The van der Waals surface area contributed by atoms with Gasteiger partial charge >= 0.3 is 0 Å². The van der Waals surface area contributed by atoms with Gasteiger partial charge in [-0.3, -0.25) is 0 Å². The zero-order valence-corrected chi connectivity index (χ0v) is 12.9. The van der Waals surface area contributed by atoms with Gasteiger partial charge in [0, 0.05) is 12.0 Å². The molecule has 0 aromatic carbocycles. The van der Waals surface area contributed by atoms with E-state index in [9.17, 15) is 5.11 Å². The van der Waals surface area contributed by atoms with Gasteiger partial charge in [0.25, 0.3) is 0 Å². The number of rotatable bonds is 6. The summed E-state index contributed by atoms with van der Waals surface area (Å²) in [4.78, 5) is 0. The van der Waals surface area contributed by atoms with Crippen molar-refractivity contribution in [3.63, 3.8) is 0 Å². The minimum atomic E-state index is -0.379. The summed E-state index contributed by atoms with van der Waals surface area (Å²) in [5.41, 5.74) is 1.01. The largest absolute Gasteiger partial charge is 0.396 e. The Kier molecular flexibility index (Phi) is 5.82. The Bertz CT molecular complexity index is 336. The van der Waals surface area contributed by atoms with Crippen molar-refractivity contribution in [2.24, 2.45) is 10.8 Å². The standard InChI is InChI=1S/C17H30O2/c1-16(2,3)17(4)12-9-11-14(15(17)19)10-7-5-6-8-13-18/h9,11-12,15,18-19H,5-8,10,13H2,1-4H3. The molecule has 0 fully saturated rings. The lowest BCUT2D eigenvalue weighted by molar-refractivity contribution is 0.0154. The van der Waals surface area contributed by atoms with E-state index in [2.05, 4.69) is 45.9 Å². The second-order valence-corrected chi connectivity index (χ2v) is 6.92. The number of hydrogen-bond acceptors (Lipinski definition) is 2. The predicted octanol–water partition coefficient (Wildman–Crippen LogP) is 3.84. The van der Waals surface area contributed by atoms with Crippen molar-refractivity contribution >= 4 is 0 Å². The third kappa shape index (κ3) is 3.93. The van der Waals surface area contributed by atoms with Gasteiger partial charge in [0.2, 0.25) is 0 Å². The molecule has 0 heterocycles. The Morgan fingerprint density at radius 2 is 1.79 bits per heavy atom. The van der Waals surface area contributed by atoms with Gasteiger partial charge in [-0.25, -0.2) is 0 Å². The molecule has 2 nitrogen and oxygen atoms in total. The number of unbranched alkanes of at least 4 members (excludes halogenated alkanes) is 3. The fourth-order valence-corrected chi connectivity index (χ4v) is 2.61. The molecule has 0 saturated carbocycles. The molecule has 19 heavy (non-hydrogen) atoms. The zero-order chi connectivity index (χ0) is 14.5. The van der Waals surface area contributed by atoms with Crippen LogP contribution in [0.4, 0.5) is 0 Å². The molecular formula is C17H30O2. The lowest BCUT2D eigenvalue weighted by atomic mass is 9.61. The molecule has 0 amide bonds. The SMILES string of the molecule is CC(C)(C)C1(C)C=CC=C(CCCCCCO)C1O. The topological polar surface area (TPSA) is 40.5 Å². The van der Waals surface area contributed by atoms with Gasteiger partial charge in [-0.15, -0.1) is 0 Å². The van der Waals surface area contributed by atoms with Gasteiger partial charge in [0.05, 0.1) is 6.10 Å². The second kappa shape index (κ2) is 6.71. The first-order chi connectivity index (χ1) is 8.83. The molecule has 2 atom stereocenters. The van der Waals surface area contributed by atoms with E-state index in [-0.39, 0.29) is 23.5 Å². The molecule has 0 bridgehead atoms. The quantitative estimate of drug-likeness (QED) is 0.717. The number of aliphatic hydroxyl groups excluding tert-OH is 2. The molecule has 1 aliphatic rings. The summed E-state index contributed by atoms with van der Waals surface area (Å²) in [7, 11) is 0. The summed E-state index contributed by atoms with van der Waals surface area (Å²) >= 11 is 0. The highest BCUT2D eigenvalue weighted by molar-refractivity contribution is 5.29. The Morgan fingerprint density at radius 3 is 2.37 bits per heavy atom. The van der Waals surface area contributed by atoms with Crippen molar-refractivity contribution in [3.05, 3.63) is 23.8 Å². The average Bonchev–Trinajstić information content (AvgIpc) is 2.33. The molecular weight excluding hydrogens is 236 g/mol. The molecule has 0 aliphatic heterocycles. The predicted molar refractivity (Wildman–Crippen MR) is 81.0 cm³/mol. The fraction of sp³-hybridized carbons (Fsp3) is 0.765. The summed E-state index contributed by atoms with van der Waals surface area (Å²) in [6, 6.07) is 0. The first-order valence-electron chi connectivity index (χ1n) is 7.50. The Balaban J connectivity index is 2.57. The van der Waals surface area contributed by atoms with Crippen LogP contribution in [0.1, 0.15) is 59.8 Å².